The molecule has 27 heavy (non-hydrogen) atoms. The number of nitrogens with one attached hydrogen (secondary N) is 2. The first-order chi connectivity index (χ1) is 13.0. The normalized spacial score (nSPS) is 16.7. The highest BCUT2D eigenvalue weighted by Gasteiger charge is 2.23. The van der Waals surface area contributed by atoms with E-state index in [0.717, 1.165) is 18.7 Å². The Morgan fingerprint density at radius 3 is 2.52 bits per heavy atom. The summed E-state index contributed by atoms with van der Waals surface area (Å²) < 4.78 is 18.8. The van der Waals surface area contributed by atoms with Crippen molar-refractivity contribution in [3.05, 3.63) is 35.6 Å². The molecule has 0 radical (unpaired) electrons. The lowest BCUT2D eigenvalue weighted by molar-refractivity contribution is -0.128. The van der Waals surface area contributed by atoms with Gasteiger partial charge in [-0.05, 0) is 17.7 Å². The third-order valence-corrected chi connectivity index (χ3v) is 4.56. The Bertz CT molecular complexity index is 615. The van der Waals surface area contributed by atoms with Gasteiger partial charge in [0.25, 0.3) is 0 Å². The van der Waals surface area contributed by atoms with Crippen molar-refractivity contribution in [2.75, 3.05) is 60.5 Å². The summed E-state index contributed by atoms with van der Waals surface area (Å²) in [5.74, 6) is 0.466. The summed E-state index contributed by atoms with van der Waals surface area (Å²) in [5.41, 5.74) is 1.05. The lowest BCUT2D eigenvalue weighted by Crippen LogP contribution is -2.46. The lowest BCUT2D eigenvalue weighted by Gasteiger charge is -2.35. The number of carbonyl (C=O) groups excluding carboxylic acids is 1. The van der Waals surface area contributed by atoms with Crippen LogP contribution in [-0.4, -0.2) is 82.2 Å². The van der Waals surface area contributed by atoms with Crippen LogP contribution >= 0.6 is 0 Å². The van der Waals surface area contributed by atoms with Crippen molar-refractivity contribution in [3.63, 3.8) is 0 Å². The van der Waals surface area contributed by atoms with Crippen molar-refractivity contribution in [3.8, 4) is 0 Å². The molecule has 1 amide bonds. The predicted molar refractivity (Wildman–Crippen MR) is 104 cm³/mol. The van der Waals surface area contributed by atoms with E-state index in [4.69, 9.17) is 4.74 Å². The van der Waals surface area contributed by atoms with Gasteiger partial charge >= 0.3 is 0 Å². The molecule has 0 saturated carbocycles. The summed E-state index contributed by atoms with van der Waals surface area (Å²) in [4.78, 5) is 19.8. The number of benzene rings is 1. The highest BCUT2D eigenvalue weighted by atomic mass is 19.1. The molecule has 0 aromatic heterocycles. The second-order valence-corrected chi connectivity index (χ2v) is 6.63. The van der Waals surface area contributed by atoms with Crippen molar-refractivity contribution in [2.45, 2.75) is 12.5 Å². The molecule has 1 aliphatic rings. The maximum absolute atomic E-state index is 13.3. The minimum absolute atomic E-state index is 0.0652. The number of ether oxygens (including phenoxy) is 1. The molecule has 1 unspecified atom stereocenters. The topological polar surface area (TPSA) is 69.2 Å². The number of hydrogen-bond acceptors (Lipinski definition) is 4. The fourth-order valence-electron chi connectivity index (χ4n) is 2.96. The van der Waals surface area contributed by atoms with Gasteiger partial charge in [-0.15, -0.1) is 0 Å². The first kappa shape index (κ1) is 21.1. The molecule has 1 atom stereocenters. The number of aliphatic imine (C=N–C) groups is 1. The highest BCUT2D eigenvalue weighted by Crippen LogP contribution is 2.21. The van der Waals surface area contributed by atoms with Crippen LogP contribution in [0.5, 0.6) is 0 Å². The summed E-state index contributed by atoms with van der Waals surface area (Å²) >= 11 is 0. The molecule has 1 saturated heterocycles. The van der Waals surface area contributed by atoms with Crippen LogP contribution in [0, 0.1) is 5.82 Å². The van der Waals surface area contributed by atoms with Gasteiger partial charge in [0.15, 0.2) is 5.96 Å². The number of amides is 1. The molecule has 1 heterocycles. The zero-order valence-electron chi connectivity index (χ0n) is 16.4. The Hall–Kier alpha value is -2.19. The first-order valence-corrected chi connectivity index (χ1v) is 9.23. The van der Waals surface area contributed by atoms with E-state index in [2.05, 4.69) is 20.5 Å². The number of hydrogen-bond donors (Lipinski definition) is 2. The van der Waals surface area contributed by atoms with Gasteiger partial charge in [0.05, 0.1) is 19.3 Å². The molecule has 7 nitrogen and oxygen atoms in total. The molecule has 2 rings (SSSR count). The molecule has 0 bridgehead atoms. The minimum atomic E-state index is -0.240. The fraction of sp³-hybridized carbons (Fsp3) is 0.579. The average Bonchev–Trinajstić information content (AvgIpc) is 2.68. The summed E-state index contributed by atoms with van der Waals surface area (Å²) in [5, 5.41) is 6.48. The summed E-state index contributed by atoms with van der Waals surface area (Å²) in [6.45, 7) is 4.16. The Balaban J connectivity index is 1.95. The van der Waals surface area contributed by atoms with Crippen molar-refractivity contribution in [1.82, 2.24) is 20.4 Å². The number of guanidine groups is 1. The minimum Gasteiger partial charge on any atom is -0.379 e. The van der Waals surface area contributed by atoms with E-state index in [9.17, 15) is 9.18 Å². The first-order valence-electron chi connectivity index (χ1n) is 9.23. The zero-order valence-corrected chi connectivity index (χ0v) is 16.4. The molecular weight excluding hydrogens is 349 g/mol. The molecule has 1 aliphatic heterocycles. The summed E-state index contributed by atoms with van der Waals surface area (Å²) in [6.07, 6.45) is 0.401. The molecular formula is C19H30FN5O2. The van der Waals surface area contributed by atoms with E-state index in [1.807, 2.05) is 12.1 Å². The molecule has 0 aliphatic carbocycles. The third kappa shape index (κ3) is 6.80. The van der Waals surface area contributed by atoms with Gasteiger partial charge in [-0.1, -0.05) is 12.1 Å². The van der Waals surface area contributed by atoms with E-state index >= 15 is 0 Å². The van der Waals surface area contributed by atoms with Gasteiger partial charge in [-0.25, -0.2) is 4.39 Å². The maximum atomic E-state index is 13.3. The predicted octanol–water partition coefficient (Wildman–Crippen LogP) is 0.842. The SMILES string of the molecule is CN=C(NCCC(=O)N(C)C)NCC(c1ccc(F)cc1)N1CCOCC1. The van der Waals surface area contributed by atoms with Crippen LogP contribution in [0.3, 0.4) is 0 Å². The second-order valence-electron chi connectivity index (χ2n) is 6.63. The number of carbonyl (C=O) groups is 1. The Morgan fingerprint density at radius 2 is 1.93 bits per heavy atom. The van der Waals surface area contributed by atoms with E-state index < -0.39 is 0 Å². The Labute approximate surface area is 160 Å². The number of morpholine rings is 1. The van der Waals surface area contributed by atoms with Crippen LogP contribution in [0.15, 0.2) is 29.3 Å². The van der Waals surface area contributed by atoms with Gasteiger partial charge in [-0.3, -0.25) is 14.7 Å². The summed E-state index contributed by atoms with van der Waals surface area (Å²) in [6, 6.07) is 6.70. The zero-order chi connectivity index (χ0) is 19.6. The van der Waals surface area contributed by atoms with E-state index in [1.165, 1.54) is 12.1 Å². The molecule has 2 N–H and O–H groups in total. The van der Waals surface area contributed by atoms with Gasteiger partial charge in [0.2, 0.25) is 5.91 Å². The lowest BCUT2D eigenvalue weighted by atomic mass is 10.0. The monoisotopic (exact) mass is 379 g/mol. The van der Waals surface area contributed by atoms with Crippen molar-refractivity contribution in [2.24, 2.45) is 4.99 Å². The van der Waals surface area contributed by atoms with E-state index in [-0.39, 0.29) is 17.8 Å². The van der Waals surface area contributed by atoms with Crippen molar-refractivity contribution >= 4 is 11.9 Å². The van der Waals surface area contributed by atoms with Crippen molar-refractivity contribution in [1.29, 1.82) is 0 Å². The smallest absolute Gasteiger partial charge is 0.223 e. The van der Waals surface area contributed by atoms with Gasteiger partial charge in [0.1, 0.15) is 5.82 Å². The fourth-order valence-corrected chi connectivity index (χ4v) is 2.96. The summed E-state index contributed by atoms with van der Waals surface area (Å²) in [7, 11) is 5.18. The Morgan fingerprint density at radius 1 is 1.26 bits per heavy atom. The molecule has 1 aromatic rings. The van der Waals surface area contributed by atoms with Gasteiger partial charge < -0.3 is 20.3 Å². The highest BCUT2D eigenvalue weighted by molar-refractivity contribution is 5.81. The Kier molecular flexibility index (Phi) is 8.47. The molecule has 1 aromatic carbocycles. The largest absolute Gasteiger partial charge is 0.379 e. The number of halogens is 1. The molecule has 8 heteroatoms. The standard InChI is InChI=1S/C19H30FN5O2/c1-21-19(22-9-8-18(26)24(2)3)23-14-17(25-10-12-27-13-11-25)15-4-6-16(20)7-5-15/h4-7,17H,8-14H2,1-3H3,(H2,21,22,23). The second kappa shape index (κ2) is 10.8. The average molecular weight is 379 g/mol. The van der Waals surface area contributed by atoms with E-state index in [1.54, 1.807) is 26.0 Å². The van der Waals surface area contributed by atoms with Gasteiger partial charge in [-0.2, -0.15) is 0 Å². The molecule has 0 spiro atoms. The van der Waals surface area contributed by atoms with Crippen LogP contribution in [-0.2, 0) is 9.53 Å². The van der Waals surface area contributed by atoms with Crippen LogP contribution in [0.1, 0.15) is 18.0 Å². The maximum Gasteiger partial charge on any atom is 0.223 e. The molecule has 150 valence electrons. The number of rotatable bonds is 7. The molecule has 1 fully saturated rings. The van der Waals surface area contributed by atoms with Crippen LogP contribution in [0.4, 0.5) is 4.39 Å². The van der Waals surface area contributed by atoms with Crippen molar-refractivity contribution < 1.29 is 13.9 Å². The number of nitrogens with zero attached hydrogens (tertiary/aromatic N) is 3. The third-order valence-electron chi connectivity index (χ3n) is 4.56. The van der Waals surface area contributed by atoms with Gasteiger partial charge in [0, 0.05) is 53.7 Å². The van der Waals surface area contributed by atoms with E-state index in [0.29, 0.717) is 38.7 Å². The van der Waals surface area contributed by atoms with Crippen LogP contribution in [0.2, 0.25) is 0 Å². The van der Waals surface area contributed by atoms with Crippen LogP contribution < -0.4 is 10.6 Å². The van der Waals surface area contributed by atoms with Crippen LogP contribution in [0.25, 0.3) is 0 Å². The quantitative estimate of drug-likeness (QED) is 0.543.